The van der Waals surface area contributed by atoms with Crippen molar-refractivity contribution in [3.8, 4) is 22.9 Å². The van der Waals surface area contributed by atoms with Crippen LogP contribution in [-0.4, -0.2) is 43.3 Å². The molecule has 0 spiro atoms. The van der Waals surface area contributed by atoms with E-state index >= 15 is 0 Å². The van der Waals surface area contributed by atoms with Gasteiger partial charge in [-0.3, -0.25) is 0 Å². The first-order valence-electron chi connectivity index (χ1n) is 11.8. The molecule has 0 bridgehead atoms. The van der Waals surface area contributed by atoms with Gasteiger partial charge >= 0.3 is 0 Å². The summed E-state index contributed by atoms with van der Waals surface area (Å²) >= 11 is 0. The largest absolute Gasteiger partial charge is 0.409 e. The summed E-state index contributed by atoms with van der Waals surface area (Å²) in [5.41, 5.74) is 5.47. The number of rotatable bonds is 9. The first kappa shape index (κ1) is 25.9. The SMILES string of the molecule is CCC(CCC1CCN(C)C1)CC(C)O.CNOc1ccc(-c2ccc(C#N)cc2)cc1. The number of aliphatic hydroxyl groups excluding tert-OH is 1. The van der Waals surface area contributed by atoms with Crippen LogP contribution in [0.1, 0.15) is 51.5 Å². The van der Waals surface area contributed by atoms with Gasteiger partial charge in [0, 0.05) is 13.6 Å². The van der Waals surface area contributed by atoms with Crippen LogP contribution < -0.4 is 10.3 Å². The lowest BCUT2D eigenvalue weighted by molar-refractivity contribution is 0.153. The smallest absolute Gasteiger partial charge is 0.147 e. The molecule has 32 heavy (non-hydrogen) atoms. The van der Waals surface area contributed by atoms with Gasteiger partial charge in [-0.25, -0.2) is 0 Å². The Morgan fingerprint density at radius 2 is 1.78 bits per heavy atom. The van der Waals surface area contributed by atoms with Crippen LogP contribution >= 0.6 is 0 Å². The summed E-state index contributed by atoms with van der Waals surface area (Å²) in [6, 6.07) is 17.3. The van der Waals surface area contributed by atoms with Crippen molar-refractivity contribution in [2.24, 2.45) is 11.8 Å². The van der Waals surface area contributed by atoms with Gasteiger partial charge in [-0.1, -0.05) is 44.0 Å². The second kappa shape index (κ2) is 13.9. The fourth-order valence-electron chi connectivity index (χ4n) is 4.27. The van der Waals surface area contributed by atoms with Gasteiger partial charge in [0.15, 0.2) is 0 Å². The van der Waals surface area contributed by atoms with Crippen molar-refractivity contribution in [3.05, 3.63) is 54.1 Å². The highest BCUT2D eigenvalue weighted by Crippen LogP contribution is 2.25. The molecule has 0 amide bonds. The molecule has 3 rings (SSSR count). The van der Waals surface area contributed by atoms with Crippen LogP contribution in [0, 0.1) is 23.2 Å². The fraction of sp³-hybridized carbons (Fsp3) is 0.519. The molecule has 0 aliphatic carbocycles. The van der Waals surface area contributed by atoms with Gasteiger partial charge < -0.3 is 14.8 Å². The molecule has 1 fully saturated rings. The number of nitrogens with zero attached hydrogens (tertiary/aromatic N) is 2. The molecular formula is C27H39N3O2. The molecule has 0 saturated carbocycles. The molecular weight excluding hydrogens is 398 g/mol. The van der Waals surface area contributed by atoms with Crippen molar-refractivity contribution in [2.75, 3.05) is 27.2 Å². The molecule has 2 aromatic rings. The lowest BCUT2D eigenvalue weighted by Crippen LogP contribution is -2.15. The van der Waals surface area contributed by atoms with E-state index in [1.165, 1.54) is 38.8 Å². The van der Waals surface area contributed by atoms with E-state index in [9.17, 15) is 5.11 Å². The normalized spacial score (nSPS) is 17.7. The van der Waals surface area contributed by atoms with E-state index in [-0.39, 0.29) is 6.10 Å². The summed E-state index contributed by atoms with van der Waals surface area (Å²) in [6.45, 7) is 6.71. The third kappa shape index (κ3) is 9.00. The summed E-state index contributed by atoms with van der Waals surface area (Å²) in [4.78, 5) is 7.57. The maximum Gasteiger partial charge on any atom is 0.147 e. The topological polar surface area (TPSA) is 68.5 Å². The highest BCUT2D eigenvalue weighted by Gasteiger charge is 2.20. The highest BCUT2D eigenvalue weighted by molar-refractivity contribution is 5.64. The molecule has 2 N–H and O–H groups in total. The number of nitrogens with one attached hydrogen (secondary N) is 1. The Kier molecular flexibility index (Phi) is 11.2. The van der Waals surface area contributed by atoms with Crippen LogP contribution in [0.5, 0.6) is 5.75 Å². The molecule has 3 atom stereocenters. The summed E-state index contributed by atoms with van der Waals surface area (Å²) in [6.07, 6.45) is 6.12. The van der Waals surface area contributed by atoms with Crippen molar-refractivity contribution in [3.63, 3.8) is 0 Å². The van der Waals surface area contributed by atoms with E-state index in [4.69, 9.17) is 10.1 Å². The predicted octanol–water partition coefficient (Wildman–Crippen LogP) is 5.25. The molecule has 1 saturated heterocycles. The van der Waals surface area contributed by atoms with Gasteiger partial charge in [-0.15, -0.1) is 0 Å². The highest BCUT2D eigenvalue weighted by atomic mass is 16.6. The fourth-order valence-corrected chi connectivity index (χ4v) is 4.27. The zero-order valence-corrected chi connectivity index (χ0v) is 20.1. The second-order valence-corrected chi connectivity index (χ2v) is 8.87. The molecule has 1 aliphatic heterocycles. The molecule has 2 aromatic carbocycles. The summed E-state index contributed by atoms with van der Waals surface area (Å²) in [7, 11) is 3.93. The van der Waals surface area contributed by atoms with E-state index in [0.29, 0.717) is 5.56 Å². The summed E-state index contributed by atoms with van der Waals surface area (Å²) < 4.78 is 0. The van der Waals surface area contributed by atoms with Crippen LogP contribution in [-0.2, 0) is 0 Å². The van der Waals surface area contributed by atoms with Gasteiger partial charge in [-0.2, -0.15) is 10.7 Å². The third-order valence-corrected chi connectivity index (χ3v) is 6.15. The van der Waals surface area contributed by atoms with Gasteiger partial charge in [0.1, 0.15) is 5.75 Å². The van der Waals surface area contributed by atoms with Crippen molar-refractivity contribution in [2.45, 2.75) is 52.1 Å². The minimum atomic E-state index is -0.124. The average molecular weight is 438 g/mol. The summed E-state index contributed by atoms with van der Waals surface area (Å²) in [5, 5.41) is 18.1. The first-order chi connectivity index (χ1) is 15.4. The van der Waals surface area contributed by atoms with E-state index in [1.54, 1.807) is 7.05 Å². The minimum absolute atomic E-state index is 0.124. The number of likely N-dealkylation sites (tertiary alicyclic amines) is 1. The molecule has 1 heterocycles. The van der Waals surface area contributed by atoms with Gasteiger partial charge in [0.25, 0.3) is 0 Å². The lowest BCUT2D eigenvalue weighted by Gasteiger charge is -2.18. The van der Waals surface area contributed by atoms with Crippen LogP contribution in [0.15, 0.2) is 48.5 Å². The molecule has 1 aliphatic rings. The van der Waals surface area contributed by atoms with Crippen molar-refractivity contribution < 1.29 is 9.94 Å². The van der Waals surface area contributed by atoms with E-state index in [0.717, 1.165) is 35.1 Å². The van der Waals surface area contributed by atoms with Gasteiger partial charge in [-0.05, 0) is 87.0 Å². The zero-order chi connectivity index (χ0) is 23.3. The number of aliphatic hydroxyl groups is 1. The van der Waals surface area contributed by atoms with Crippen LogP contribution in [0.2, 0.25) is 0 Å². The molecule has 174 valence electrons. The Morgan fingerprint density at radius 1 is 1.16 bits per heavy atom. The minimum Gasteiger partial charge on any atom is -0.409 e. The Morgan fingerprint density at radius 3 is 2.25 bits per heavy atom. The maximum absolute atomic E-state index is 9.38. The maximum atomic E-state index is 9.38. The Balaban J connectivity index is 0.000000229. The number of hydrogen-bond acceptors (Lipinski definition) is 5. The standard InChI is InChI=1S/C14H12N2O.C13H27NO/c1-16-17-14-8-6-13(7-9-14)12-4-2-11(10-15)3-5-12;1-4-12(9-11(2)15)5-6-13-7-8-14(3)10-13/h2-9,16H,1H3;11-13,15H,4-10H2,1-3H3. The number of benzene rings is 2. The summed E-state index contributed by atoms with van der Waals surface area (Å²) in [5.74, 6) is 2.42. The van der Waals surface area contributed by atoms with Crippen molar-refractivity contribution in [1.82, 2.24) is 10.4 Å². The number of nitriles is 1. The Bertz CT molecular complexity index is 812. The molecule has 3 unspecified atom stereocenters. The van der Waals surface area contributed by atoms with Crippen LogP contribution in [0.25, 0.3) is 11.1 Å². The third-order valence-electron chi connectivity index (χ3n) is 6.15. The van der Waals surface area contributed by atoms with Crippen LogP contribution in [0.3, 0.4) is 0 Å². The lowest BCUT2D eigenvalue weighted by atomic mass is 9.90. The molecule has 5 nitrogen and oxygen atoms in total. The quantitative estimate of drug-likeness (QED) is 0.524. The van der Waals surface area contributed by atoms with E-state index in [1.807, 2.05) is 55.5 Å². The second-order valence-electron chi connectivity index (χ2n) is 8.87. The van der Waals surface area contributed by atoms with Crippen molar-refractivity contribution in [1.29, 1.82) is 5.26 Å². The zero-order valence-electron chi connectivity index (χ0n) is 20.1. The van der Waals surface area contributed by atoms with Crippen LogP contribution in [0.4, 0.5) is 0 Å². The monoisotopic (exact) mass is 437 g/mol. The molecule has 0 aromatic heterocycles. The first-order valence-corrected chi connectivity index (χ1v) is 11.8. The number of hydroxylamine groups is 1. The number of hydrogen-bond donors (Lipinski definition) is 2. The van der Waals surface area contributed by atoms with E-state index in [2.05, 4.69) is 30.4 Å². The van der Waals surface area contributed by atoms with E-state index < -0.39 is 0 Å². The van der Waals surface area contributed by atoms with Gasteiger partial charge in [0.05, 0.1) is 17.7 Å². The van der Waals surface area contributed by atoms with Gasteiger partial charge in [0.2, 0.25) is 0 Å². The Labute approximate surface area is 194 Å². The molecule has 0 radical (unpaired) electrons. The molecule has 5 heteroatoms. The predicted molar refractivity (Wildman–Crippen MR) is 131 cm³/mol. The van der Waals surface area contributed by atoms with Crippen molar-refractivity contribution >= 4 is 0 Å². The average Bonchev–Trinajstić information content (AvgIpc) is 3.23. The Hall–Kier alpha value is -2.39.